The zero-order valence-corrected chi connectivity index (χ0v) is 13.7. The van der Waals surface area contributed by atoms with Crippen LogP contribution in [-0.4, -0.2) is 27.7 Å². The third-order valence-electron chi connectivity index (χ3n) is 3.98. The summed E-state index contributed by atoms with van der Waals surface area (Å²) in [7, 11) is 0. The second-order valence-electron chi connectivity index (χ2n) is 5.18. The van der Waals surface area contributed by atoms with Crippen LogP contribution in [-0.2, 0) is 0 Å². The molecule has 2 atom stereocenters. The van der Waals surface area contributed by atoms with E-state index in [-0.39, 0.29) is 5.91 Å². The molecule has 0 aliphatic carbocycles. The fraction of sp³-hybridized carbons (Fsp3) is 0.500. The molecule has 4 heteroatoms. The number of benzene rings is 1. The lowest BCUT2D eigenvalue weighted by Crippen LogP contribution is -2.46. The summed E-state index contributed by atoms with van der Waals surface area (Å²) in [4.78, 5) is 15.4. The van der Waals surface area contributed by atoms with E-state index in [0.29, 0.717) is 16.9 Å². The van der Waals surface area contributed by atoms with Crippen molar-refractivity contribution in [3.8, 4) is 0 Å². The van der Waals surface area contributed by atoms with Crippen LogP contribution in [0.4, 0.5) is 0 Å². The molecule has 0 spiro atoms. The summed E-state index contributed by atoms with van der Waals surface area (Å²) in [6.45, 7) is 0. The van der Waals surface area contributed by atoms with E-state index in [4.69, 9.17) is 0 Å². The van der Waals surface area contributed by atoms with Crippen molar-refractivity contribution in [2.24, 2.45) is 0 Å². The maximum Gasteiger partial charge on any atom is 0.254 e. The van der Waals surface area contributed by atoms with Gasteiger partial charge in [0, 0.05) is 26.0 Å². The molecule has 1 aromatic carbocycles. The Hall–Kier alpha value is -0.100. The molecule has 2 aliphatic rings. The lowest BCUT2D eigenvalue weighted by molar-refractivity contribution is 0.0603. The molecule has 3 rings (SSSR count). The summed E-state index contributed by atoms with van der Waals surface area (Å²) >= 11 is 5.98. The minimum Gasteiger partial charge on any atom is -0.333 e. The van der Waals surface area contributed by atoms with Gasteiger partial charge in [-0.15, -0.1) is 0 Å². The SMILES string of the molecule is O=C(c1cccc(I)c1)N1C2CCC1CC(Br)C2. The van der Waals surface area contributed by atoms with Gasteiger partial charge in [0.05, 0.1) is 0 Å². The number of alkyl halides is 1. The normalized spacial score (nSPS) is 30.6. The number of fused-ring (bicyclic) bond motifs is 2. The molecule has 2 nitrogen and oxygen atoms in total. The Bertz CT molecular complexity index is 465. The topological polar surface area (TPSA) is 20.3 Å². The summed E-state index contributed by atoms with van der Waals surface area (Å²) in [6.07, 6.45) is 4.54. The highest BCUT2D eigenvalue weighted by molar-refractivity contribution is 14.1. The maximum atomic E-state index is 12.6. The van der Waals surface area contributed by atoms with Gasteiger partial charge in [-0.3, -0.25) is 4.79 Å². The lowest BCUT2D eigenvalue weighted by Gasteiger charge is -2.37. The summed E-state index contributed by atoms with van der Waals surface area (Å²) in [5.41, 5.74) is 0.840. The molecular formula is C14H15BrINO. The second kappa shape index (κ2) is 5.12. The number of hydrogen-bond acceptors (Lipinski definition) is 1. The molecule has 2 fully saturated rings. The van der Waals surface area contributed by atoms with Gasteiger partial charge in [0.25, 0.3) is 5.91 Å². The molecule has 0 N–H and O–H groups in total. The molecule has 1 aromatic rings. The lowest BCUT2D eigenvalue weighted by atomic mass is 10.0. The fourth-order valence-corrected chi connectivity index (χ4v) is 4.62. The number of hydrogen-bond donors (Lipinski definition) is 0. The molecule has 2 unspecified atom stereocenters. The highest BCUT2D eigenvalue weighted by atomic mass is 127. The average Bonchev–Trinajstić information content (AvgIpc) is 2.61. The van der Waals surface area contributed by atoms with Gasteiger partial charge < -0.3 is 4.90 Å². The van der Waals surface area contributed by atoms with Crippen LogP contribution in [0.15, 0.2) is 24.3 Å². The van der Waals surface area contributed by atoms with Crippen molar-refractivity contribution < 1.29 is 4.79 Å². The Morgan fingerprint density at radius 3 is 2.56 bits per heavy atom. The van der Waals surface area contributed by atoms with Crippen molar-refractivity contribution in [3.63, 3.8) is 0 Å². The number of halogens is 2. The number of carbonyl (C=O) groups is 1. The molecule has 2 bridgehead atoms. The molecule has 0 radical (unpaired) electrons. The van der Waals surface area contributed by atoms with Gasteiger partial charge in [-0.05, 0) is 66.5 Å². The van der Waals surface area contributed by atoms with Crippen molar-refractivity contribution in [1.29, 1.82) is 0 Å². The zero-order valence-electron chi connectivity index (χ0n) is 9.98. The van der Waals surface area contributed by atoms with Crippen LogP contribution in [0.1, 0.15) is 36.0 Å². The third-order valence-corrected chi connectivity index (χ3v) is 5.40. The van der Waals surface area contributed by atoms with Crippen LogP contribution in [0.25, 0.3) is 0 Å². The fourth-order valence-electron chi connectivity index (χ4n) is 3.21. The quantitative estimate of drug-likeness (QED) is 0.500. The first kappa shape index (κ1) is 12.9. The van der Waals surface area contributed by atoms with Crippen LogP contribution in [0.2, 0.25) is 0 Å². The van der Waals surface area contributed by atoms with Gasteiger partial charge in [-0.2, -0.15) is 0 Å². The van der Waals surface area contributed by atoms with Crippen molar-refractivity contribution in [3.05, 3.63) is 33.4 Å². The van der Waals surface area contributed by atoms with E-state index in [9.17, 15) is 4.79 Å². The Morgan fingerprint density at radius 1 is 1.28 bits per heavy atom. The van der Waals surface area contributed by atoms with Gasteiger partial charge in [-0.25, -0.2) is 0 Å². The van der Waals surface area contributed by atoms with Crippen molar-refractivity contribution in [1.82, 2.24) is 4.90 Å². The molecule has 1 amide bonds. The largest absolute Gasteiger partial charge is 0.333 e. The maximum absolute atomic E-state index is 12.6. The van der Waals surface area contributed by atoms with Crippen LogP contribution in [0.5, 0.6) is 0 Å². The summed E-state index contributed by atoms with van der Waals surface area (Å²) in [5, 5.41) is 0. The third kappa shape index (κ3) is 2.33. The van der Waals surface area contributed by atoms with E-state index >= 15 is 0 Å². The number of carbonyl (C=O) groups excluding carboxylic acids is 1. The molecular weight excluding hydrogens is 405 g/mol. The van der Waals surface area contributed by atoms with Crippen molar-refractivity contribution in [2.45, 2.75) is 42.6 Å². The van der Waals surface area contributed by atoms with Gasteiger partial charge in [-0.1, -0.05) is 22.0 Å². The minimum atomic E-state index is 0.223. The first-order valence-corrected chi connectivity index (χ1v) is 8.37. The summed E-state index contributed by atoms with van der Waals surface area (Å²) in [5.74, 6) is 0.223. The number of rotatable bonds is 1. The second-order valence-corrected chi connectivity index (χ2v) is 7.72. The van der Waals surface area contributed by atoms with E-state index in [1.54, 1.807) is 0 Å². The first-order chi connectivity index (χ1) is 8.65. The Labute approximate surface area is 129 Å². The van der Waals surface area contributed by atoms with Crippen molar-refractivity contribution >= 4 is 44.4 Å². The van der Waals surface area contributed by atoms with Gasteiger partial charge >= 0.3 is 0 Å². The summed E-state index contributed by atoms with van der Waals surface area (Å²) in [6, 6.07) is 8.80. The molecule has 2 aliphatic heterocycles. The van der Waals surface area contributed by atoms with Crippen LogP contribution >= 0.6 is 38.5 Å². The summed E-state index contributed by atoms with van der Waals surface area (Å²) < 4.78 is 1.13. The molecule has 2 heterocycles. The smallest absolute Gasteiger partial charge is 0.254 e. The highest BCUT2D eigenvalue weighted by Gasteiger charge is 2.42. The van der Waals surface area contributed by atoms with Crippen LogP contribution in [0.3, 0.4) is 0 Å². The van der Waals surface area contributed by atoms with E-state index in [1.165, 1.54) is 12.8 Å². The number of amides is 1. The highest BCUT2D eigenvalue weighted by Crippen LogP contribution is 2.39. The molecule has 2 saturated heterocycles. The predicted octanol–water partition coefficient (Wildman–Crippen LogP) is 3.82. The monoisotopic (exact) mass is 419 g/mol. The van der Waals surface area contributed by atoms with Gasteiger partial charge in [0.15, 0.2) is 0 Å². The molecule has 96 valence electrons. The van der Waals surface area contributed by atoms with E-state index in [0.717, 1.165) is 22.0 Å². The number of nitrogens with zero attached hydrogens (tertiary/aromatic N) is 1. The van der Waals surface area contributed by atoms with E-state index in [2.05, 4.69) is 43.4 Å². The van der Waals surface area contributed by atoms with E-state index in [1.807, 2.05) is 24.3 Å². The standard InChI is InChI=1S/C14H15BrINO/c15-10-7-12-4-5-13(8-10)17(12)14(18)9-2-1-3-11(16)6-9/h1-3,6,10,12-13H,4-5,7-8H2. The zero-order chi connectivity index (χ0) is 12.7. The van der Waals surface area contributed by atoms with Crippen LogP contribution in [0, 0.1) is 3.57 Å². The number of piperidine rings is 1. The van der Waals surface area contributed by atoms with Crippen LogP contribution < -0.4 is 0 Å². The minimum absolute atomic E-state index is 0.223. The van der Waals surface area contributed by atoms with Crippen molar-refractivity contribution in [2.75, 3.05) is 0 Å². The molecule has 18 heavy (non-hydrogen) atoms. The Balaban J connectivity index is 1.85. The Kier molecular flexibility index (Phi) is 3.67. The predicted molar refractivity (Wildman–Crippen MR) is 84.1 cm³/mol. The molecule has 0 aromatic heterocycles. The van der Waals surface area contributed by atoms with Gasteiger partial charge in [0.2, 0.25) is 0 Å². The Morgan fingerprint density at radius 2 is 1.94 bits per heavy atom. The molecule has 0 saturated carbocycles. The average molecular weight is 420 g/mol. The first-order valence-electron chi connectivity index (χ1n) is 6.37. The van der Waals surface area contributed by atoms with Gasteiger partial charge in [0.1, 0.15) is 0 Å². The van der Waals surface area contributed by atoms with E-state index < -0.39 is 0 Å².